The van der Waals surface area contributed by atoms with Crippen molar-refractivity contribution in [3.8, 4) is 0 Å². The minimum absolute atomic E-state index is 0.0419. The topological polar surface area (TPSA) is 121 Å². The first-order valence-electron chi connectivity index (χ1n) is 10.7. The second kappa shape index (κ2) is 14.3. The summed E-state index contributed by atoms with van der Waals surface area (Å²) in [5.41, 5.74) is 1.23. The second-order valence-corrected chi connectivity index (χ2v) is 12.1. The van der Waals surface area contributed by atoms with Gasteiger partial charge in [-0.05, 0) is 36.8 Å². The molecular weight excluding hydrogens is 456 g/mol. The lowest BCUT2D eigenvalue weighted by Gasteiger charge is -2.07. The zero-order chi connectivity index (χ0) is 24.0. The normalized spacial score (nSPS) is 11.8. The summed E-state index contributed by atoms with van der Waals surface area (Å²) in [6, 6.07) is 6.60. The lowest BCUT2D eigenvalue weighted by Crippen LogP contribution is -2.11. The van der Waals surface area contributed by atoms with E-state index >= 15 is 0 Å². The Morgan fingerprint density at radius 1 is 0.625 bits per heavy atom. The lowest BCUT2D eigenvalue weighted by molar-refractivity contribution is -0.141. The molecule has 0 spiro atoms. The summed E-state index contributed by atoms with van der Waals surface area (Å²) in [7, 11) is -3.92. The van der Waals surface area contributed by atoms with Crippen molar-refractivity contribution < 1.29 is 35.9 Å². The molecule has 0 aliphatic rings. The van der Waals surface area contributed by atoms with Gasteiger partial charge in [0.05, 0.1) is 37.2 Å². The largest absolute Gasteiger partial charge is 0.469 e. The van der Waals surface area contributed by atoms with Gasteiger partial charge < -0.3 is 9.47 Å². The molecule has 182 valence electrons. The number of sulfone groups is 2. The molecule has 0 fully saturated rings. The maximum absolute atomic E-state index is 12.3. The van der Waals surface area contributed by atoms with Gasteiger partial charge in [0, 0.05) is 12.8 Å². The van der Waals surface area contributed by atoms with Crippen molar-refractivity contribution in [1.29, 1.82) is 0 Å². The number of esters is 2. The highest BCUT2D eigenvalue weighted by atomic mass is 32.2. The van der Waals surface area contributed by atoms with Gasteiger partial charge in [-0.25, -0.2) is 16.8 Å². The van der Waals surface area contributed by atoms with Crippen LogP contribution in [0.4, 0.5) is 0 Å². The van der Waals surface area contributed by atoms with E-state index in [-0.39, 0.29) is 47.8 Å². The predicted octanol–water partition coefficient (Wildman–Crippen LogP) is 2.98. The van der Waals surface area contributed by atoms with E-state index in [9.17, 15) is 26.4 Å². The van der Waals surface area contributed by atoms with Crippen molar-refractivity contribution in [3.63, 3.8) is 0 Å². The molecule has 0 N–H and O–H groups in total. The van der Waals surface area contributed by atoms with E-state index in [1.54, 1.807) is 24.3 Å². The number of ether oxygens (including phenoxy) is 2. The van der Waals surface area contributed by atoms with Crippen LogP contribution in [-0.4, -0.2) is 54.5 Å². The predicted molar refractivity (Wildman–Crippen MR) is 122 cm³/mol. The van der Waals surface area contributed by atoms with E-state index in [0.29, 0.717) is 49.7 Å². The average Bonchev–Trinajstić information content (AvgIpc) is 2.73. The molecule has 0 saturated heterocycles. The number of rotatable bonds is 16. The third-order valence-electron chi connectivity index (χ3n) is 4.92. The van der Waals surface area contributed by atoms with E-state index in [1.807, 2.05) is 0 Å². The van der Waals surface area contributed by atoms with Crippen molar-refractivity contribution in [2.75, 3.05) is 25.7 Å². The summed E-state index contributed by atoms with van der Waals surface area (Å²) < 4.78 is 58.2. The number of unbranched alkanes of at least 4 members (excludes halogenated alkanes) is 4. The van der Waals surface area contributed by atoms with E-state index in [0.717, 1.165) is 0 Å². The summed E-state index contributed by atoms with van der Waals surface area (Å²) in [5.74, 6) is -0.711. The van der Waals surface area contributed by atoms with Crippen molar-refractivity contribution in [2.45, 2.75) is 62.9 Å². The first-order valence-corrected chi connectivity index (χ1v) is 14.3. The summed E-state index contributed by atoms with van der Waals surface area (Å²) >= 11 is 0. The first-order chi connectivity index (χ1) is 15.1. The molecule has 8 nitrogen and oxygen atoms in total. The average molecular weight is 491 g/mol. The van der Waals surface area contributed by atoms with Gasteiger partial charge in [-0.2, -0.15) is 0 Å². The number of benzene rings is 1. The molecule has 1 aromatic carbocycles. The molecular formula is C22H34O8S2. The van der Waals surface area contributed by atoms with E-state index in [1.165, 1.54) is 14.2 Å². The molecule has 0 saturated carbocycles. The Morgan fingerprint density at radius 3 is 1.28 bits per heavy atom. The molecule has 0 amide bonds. The van der Waals surface area contributed by atoms with E-state index < -0.39 is 19.7 Å². The molecule has 0 bridgehead atoms. The van der Waals surface area contributed by atoms with Crippen LogP contribution in [0.15, 0.2) is 24.3 Å². The fourth-order valence-electron chi connectivity index (χ4n) is 3.12. The summed E-state index contributed by atoms with van der Waals surface area (Å²) in [4.78, 5) is 22.1. The van der Waals surface area contributed by atoms with Crippen LogP contribution in [-0.2, 0) is 50.2 Å². The molecule has 32 heavy (non-hydrogen) atoms. The highest BCUT2D eigenvalue weighted by Gasteiger charge is 2.14. The fourth-order valence-corrected chi connectivity index (χ4v) is 6.10. The molecule has 0 aromatic heterocycles. The van der Waals surface area contributed by atoms with Gasteiger partial charge in [0.2, 0.25) is 0 Å². The Balaban J connectivity index is 2.41. The van der Waals surface area contributed by atoms with Gasteiger partial charge in [0.1, 0.15) is 0 Å². The third-order valence-corrected chi connectivity index (χ3v) is 8.29. The molecule has 0 unspecified atom stereocenters. The molecule has 0 aliphatic heterocycles. The number of hydrogen-bond acceptors (Lipinski definition) is 8. The van der Waals surface area contributed by atoms with Crippen LogP contribution >= 0.6 is 0 Å². The Kier molecular flexibility index (Phi) is 12.5. The Morgan fingerprint density at radius 2 is 0.969 bits per heavy atom. The summed E-state index contributed by atoms with van der Waals surface area (Å²) in [6.07, 6.45) is 3.99. The zero-order valence-corrected chi connectivity index (χ0v) is 20.5. The summed E-state index contributed by atoms with van der Waals surface area (Å²) in [6.45, 7) is 0. The first kappa shape index (κ1) is 28.1. The van der Waals surface area contributed by atoms with Crippen LogP contribution in [0.25, 0.3) is 0 Å². The Hall–Kier alpha value is -1.94. The lowest BCUT2D eigenvalue weighted by atomic mass is 10.2. The smallest absolute Gasteiger partial charge is 0.305 e. The minimum atomic E-state index is -3.28. The van der Waals surface area contributed by atoms with Crippen LogP contribution in [0.3, 0.4) is 0 Å². The van der Waals surface area contributed by atoms with Crippen molar-refractivity contribution >= 4 is 31.6 Å². The van der Waals surface area contributed by atoms with Crippen LogP contribution in [0.2, 0.25) is 0 Å². The fraction of sp³-hybridized carbons (Fsp3) is 0.636. The molecule has 1 rings (SSSR count). The van der Waals surface area contributed by atoms with Crippen LogP contribution in [0.5, 0.6) is 0 Å². The molecule has 0 aliphatic carbocycles. The molecule has 10 heteroatoms. The highest BCUT2D eigenvalue weighted by Crippen LogP contribution is 2.14. The van der Waals surface area contributed by atoms with Crippen LogP contribution < -0.4 is 0 Å². The standard InChI is InChI=1S/C22H34O8S2/c1-29-21(23)9-5-3-7-15-31(25,26)17-19-11-13-20(14-12-19)18-32(27,28)16-8-4-6-10-22(24)30-2/h11-14H,3-10,15-18H2,1-2H3. The summed E-state index contributed by atoms with van der Waals surface area (Å²) in [5, 5.41) is 0. The minimum Gasteiger partial charge on any atom is -0.469 e. The number of carbonyl (C=O) groups is 2. The SMILES string of the molecule is COC(=O)CCCCCS(=O)(=O)Cc1ccc(CS(=O)(=O)CCCCCC(=O)OC)cc1. The van der Waals surface area contributed by atoms with Crippen molar-refractivity contribution in [3.05, 3.63) is 35.4 Å². The van der Waals surface area contributed by atoms with Gasteiger partial charge >= 0.3 is 11.9 Å². The van der Waals surface area contributed by atoms with Crippen LogP contribution in [0, 0.1) is 0 Å². The van der Waals surface area contributed by atoms with E-state index in [2.05, 4.69) is 9.47 Å². The maximum Gasteiger partial charge on any atom is 0.305 e. The molecule has 0 radical (unpaired) electrons. The van der Waals surface area contributed by atoms with Gasteiger partial charge in [-0.15, -0.1) is 0 Å². The number of hydrogen-bond donors (Lipinski definition) is 0. The van der Waals surface area contributed by atoms with Gasteiger partial charge in [-0.1, -0.05) is 37.1 Å². The highest BCUT2D eigenvalue weighted by molar-refractivity contribution is 7.90. The number of carbonyl (C=O) groups excluding carboxylic acids is 2. The van der Waals surface area contributed by atoms with E-state index in [4.69, 9.17) is 0 Å². The molecule has 1 aromatic rings. The zero-order valence-electron chi connectivity index (χ0n) is 18.9. The monoisotopic (exact) mass is 490 g/mol. The van der Waals surface area contributed by atoms with Gasteiger partial charge in [0.15, 0.2) is 19.7 Å². The van der Waals surface area contributed by atoms with Gasteiger partial charge in [-0.3, -0.25) is 9.59 Å². The van der Waals surface area contributed by atoms with Gasteiger partial charge in [0.25, 0.3) is 0 Å². The second-order valence-electron chi connectivity index (χ2n) is 7.77. The Bertz CT molecular complexity index is 842. The Labute approximate surface area is 191 Å². The number of methoxy groups -OCH3 is 2. The van der Waals surface area contributed by atoms with Crippen molar-refractivity contribution in [2.24, 2.45) is 0 Å². The third kappa shape index (κ3) is 12.8. The van der Waals surface area contributed by atoms with Crippen molar-refractivity contribution in [1.82, 2.24) is 0 Å². The molecule has 0 heterocycles. The molecule has 0 atom stereocenters. The quantitative estimate of drug-likeness (QED) is 0.256. The van der Waals surface area contributed by atoms with Crippen LogP contribution in [0.1, 0.15) is 62.5 Å². The maximum atomic E-state index is 12.3.